The van der Waals surface area contributed by atoms with Gasteiger partial charge in [0.15, 0.2) is 17.0 Å². The minimum absolute atomic E-state index is 0.0865. The van der Waals surface area contributed by atoms with Crippen LogP contribution in [0.1, 0.15) is 24.0 Å². The lowest BCUT2D eigenvalue weighted by atomic mass is 9.79. The lowest BCUT2D eigenvalue weighted by Crippen LogP contribution is -2.54. The molecule has 0 unspecified atom stereocenters. The molecule has 1 fully saturated rings. The summed E-state index contributed by atoms with van der Waals surface area (Å²) in [6.45, 7) is 2.67. The average molecular weight is 421 g/mol. The molecule has 0 radical (unpaired) electrons. The Morgan fingerprint density at radius 3 is 2.77 bits per heavy atom. The van der Waals surface area contributed by atoms with Gasteiger partial charge in [-0.2, -0.15) is 0 Å². The summed E-state index contributed by atoms with van der Waals surface area (Å²) in [6, 6.07) is 11.2. The lowest BCUT2D eigenvalue weighted by Gasteiger charge is -2.30. The maximum Gasteiger partial charge on any atom is 0.256 e. The predicted octanol–water partition coefficient (Wildman–Crippen LogP) is 2.62. The normalized spacial score (nSPS) is 24.5. The van der Waals surface area contributed by atoms with Crippen LogP contribution in [0.25, 0.3) is 0 Å². The van der Waals surface area contributed by atoms with Crippen LogP contribution in [0.5, 0.6) is 11.5 Å². The summed E-state index contributed by atoms with van der Waals surface area (Å²) in [4.78, 5) is 27.0. The molecule has 2 aromatic carbocycles. The van der Waals surface area contributed by atoms with E-state index in [0.29, 0.717) is 41.5 Å². The molecule has 0 aromatic heterocycles. The Hall–Kier alpha value is -3.57. The van der Waals surface area contributed by atoms with E-state index in [-0.39, 0.29) is 17.4 Å². The molecule has 8 nitrogen and oxygen atoms in total. The number of likely N-dealkylation sites (N-methyl/N-ethyl adjacent to an activating group) is 1. The Bertz CT molecular complexity index is 1080. The van der Waals surface area contributed by atoms with Crippen LogP contribution in [0.3, 0.4) is 0 Å². The van der Waals surface area contributed by atoms with Crippen LogP contribution in [0.15, 0.2) is 42.5 Å². The van der Waals surface area contributed by atoms with Crippen molar-refractivity contribution < 1.29 is 19.2 Å². The number of ether oxygens (including phenoxy) is 2. The minimum Gasteiger partial charge on any atom is -0.490 e. The fourth-order valence-electron chi connectivity index (χ4n) is 4.84. The fourth-order valence-corrected chi connectivity index (χ4v) is 4.84. The molecule has 0 saturated carbocycles. The topological polar surface area (TPSA) is 93.9 Å². The highest BCUT2D eigenvalue weighted by Gasteiger charge is 2.68. The molecule has 0 aliphatic carbocycles. The van der Waals surface area contributed by atoms with Gasteiger partial charge in [0.25, 0.3) is 11.9 Å². The van der Waals surface area contributed by atoms with Gasteiger partial charge in [-0.1, -0.05) is 30.2 Å². The van der Waals surface area contributed by atoms with Gasteiger partial charge in [0.05, 0.1) is 12.5 Å². The number of benzene rings is 2. The molecule has 1 amide bonds. The van der Waals surface area contributed by atoms with E-state index in [2.05, 4.69) is 11.2 Å². The Balaban J connectivity index is 1.81. The number of nitro groups is 1. The highest BCUT2D eigenvalue weighted by Crippen LogP contribution is 2.52. The zero-order chi connectivity index (χ0) is 22.2. The van der Waals surface area contributed by atoms with Gasteiger partial charge in [-0.3, -0.25) is 19.8 Å². The molecule has 1 saturated heterocycles. The second-order valence-electron chi connectivity index (χ2n) is 7.62. The monoisotopic (exact) mass is 421 g/mol. The third-order valence-corrected chi connectivity index (χ3v) is 6.05. The van der Waals surface area contributed by atoms with Gasteiger partial charge in [-0.25, -0.2) is 0 Å². The first-order valence-electron chi connectivity index (χ1n) is 10.0. The van der Waals surface area contributed by atoms with Gasteiger partial charge in [-0.15, -0.1) is 6.42 Å². The third kappa shape index (κ3) is 3.09. The molecule has 4 rings (SSSR count). The minimum atomic E-state index is -1.38. The number of carbonyl (C=O) groups is 1. The zero-order valence-electron chi connectivity index (χ0n) is 17.3. The van der Waals surface area contributed by atoms with Gasteiger partial charge < -0.3 is 14.8 Å². The fraction of sp³-hybridized carbons (Fsp3) is 0.348. The van der Waals surface area contributed by atoms with E-state index in [1.807, 2.05) is 6.92 Å². The molecule has 2 heterocycles. The summed E-state index contributed by atoms with van der Waals surface area (Å²) in [5.74, 6) is 2.45. The molecule has 2 aromatic rings. The van der Waals surface area contributed by atoms with Gasteiger partial charge in [0, 0.05) is 22.7 Å². The molecule has 0 bridgehead atoms. The van der Waals surface area contributed by atoms with E-state index in [1.54, 1.807) is 54.4 Å². The first kappa shape index (κ1) is 20.7. The number of hydrogen-bond acceptors (Lipinski definition) is 6. The number of amides is 1. The molecule has 1 N–H and O–H groups in total. The number of fused-ring (bicyclic) bond motifs is 2. The molecule has 2 aliphatic heterocycles. The molecule has 3 atom stereocenters. The van der Waals surface area contributed by atoms with Crippen LogP contribution in [-0.4, -0.2) is 48.6 Å². The molecule has 160 valence electrons. The van der Waals surface area contributed by atoms with Crippen molar-refractivity contribution in [2.45, 2.75) is 24.4 Å². The summed E-state index contributed by atoms with van der Waals surface area (Å²) < 4.78 is 11.2. The van der Waals surface area contributed by atoms with Crippen molar-refractivity contribution in [1.29, 1.82) is 0 Å². The number of hydrogen-bond donors (Lipinski definition) is 1. The summed E-state index contributed by atoms with van der Waals surface area (Å²) in [5.41, 5.74) is 0.569. The van der Waals surface area contributed by atoms with E-state index >= 15 is 0 Å². The van der Waals surface area contributed by atoms with Gasteiger partial charge in [0.2, 0.25) is 0 Å². The van der Waals surface area contributed by atoms with E-state index in [1.165, 1.54) is 0 Å². The van der Waals surface area contributed by atoms with E-state index in [0.717, 1.165) is 0 Å². The van der Waals surface area contributed by atoms with Crippen molar-refractivity contribution in [1.82, 2.24) is 4.90 Å². The van der Waals surface area contributed by atoms with E-state index in [4.69, 9.17) is 15.9 Å². The molecule has 1 spiro atoms. The Labute approximate surface area is 180 Å². The Kier molecular flexibility index (Phi) is 5.29. The number of nitrogens with zero attached hydrogens (tertiary/aromatic N) is 2. The number of rotatable bonds is 6. The number of para-hydroxylation sites is 1. The quantitative estimate of drug-likeness (QED) is 0.438. The van der Waals surface area contributed by atoms with Crippen molar-refractivity contribution in [3.63, 3.8) is 0 Å². The summed E-state index contributed by atoms with van der Waals surface area (Å²) in [7, 11) is 1.76. The SMILES string of the molecule is C#CCOc1ccc([C@@H]2CN(C)[C@@]3(C(=O)Nc4ccccc43)[C@@H]2[N+](=O)[O-])cc1OCC. The molecular weight excluding hydrogens is 398 g/mol. The smallest absolute Gasteiger partial charge is 0.256 e. The maximum atomic E-state index is 13.2. The number of terminal acetylenes is 1. The van der Waals surface area contributed by atoms with E-state index < -0.39 is 17.5 Å². The molecule has 31 heavy (non-hydrogen) atoms. The van der Waals surface area contributed by atoms with Crippen molar-refractivity contribution >= 4 is 11.6 Å². The molecule has 2 aliphatic rings. The first-order chi connectivity index (χ1) is 14.9. The van der Waals surface area contributed by atoms with Crippen LogP contribution in [0, 0.1) is 22.5 Å². The van der Waals surface area contributed by atoms with Crippen LogP contribution in [-0.2, 0) is 10.3 Å². The number of anilines is 1. The van der Waals surface area contributed by atoms with Gasteiger partial charge in [0.1, 0.15) is 6.61 Å². The first-order valence-corrected chi connectivity index (χ1v) is 10.0. The highest BCUT2D eigenvalue weighted by atomic mass is 16.6. The van der Waals surface area contributed by atoms with Crippen LogP contribution >= 0.6 is 0 Å². The number of likely N-dealkylation sites (tertiary alicyclic amines) is 1. The lowest BCUT2D eigenvalue weighted by molar-refractivity contribution is -0.534. The van der Waals surface area contributed by atoms with Gasteiger partial charge >= 0.3 is 0 Å². The number of nitrogens with one attached hydrogen (secondary N) is 1. The summed E-state index contributed by atoms with van der Waals surface area (Å²) in [6.07, 6.45) is 5.28. The summed E-state index contributed by atoms with van der Waals surface area (Å²) in [5, 5.41) is 15.2. The van der Waals surface area contributed by atoms with Crippen molar-refractivity contribution in [3.05, 3.63) is 63.7 Å². The number of carbonyl (C=O) groups excluding carboxylic acids is 1. The van der Waals surface area contributed by atoms with Crippen LogP contribution in [0.4, 0.5) is 5.69 Å². The van der Waals surface area contributed by atoms with Crippen molar-refractivity contribution in [2.75, 3.05) is 32.1 Å². The average Bonchev–Trinajstić information content (AvgIpc) is 3.23. The van der Waals surface area contributed by atoms with Crippen molar-refractivity contribution in [2.24, 2.45) is 0 Å². The standard InChI is InChI=1S/C23H23N3O5/c1-4-12-31-19-11-10-15(13-20(19)30-5-2)16-14-25(3)23(21(16)26(28)29)17-8-6-7-9-18(17)24-22(23)27/h1,6-11,13,16,21H,5,12,14H2,2-3H3,(H,24,27)/t16-,21+,23+/m0/s1. The maximum absolute atomic E-state index is 13.2. The highest BCUT2D eigenvalue weighted by molar-refractivity contribution is 6.06. The van der Waals surface area contributed by atoms with Crippen LogP contribution < -0.4 is 14.8 Å². The van der Waals surface area contributed by atoms with Gasteiger partial charge in [-0.05, 0) is 37.7 Å². The molecule has 8 heteroatoms. The Morgan fingerprint density at radius 2 is 2.06 bits per heavy atom. The summed E-state index contributed by atoms with van der Waals surface area (Å²) >= 11 is 0. The zero-order valence-corrected chi connectivity index (χ0v) is 17.3. The second kappa shape index (κ2) is 7.93. The van der Waals surface area contributed by atoms with E-state index in [9.17, 15) is 14.9 Å². The largest absolute Gasteiger partial charge is 0.490 e. The van der Waals surface area contributed by atoms with Crippen LogP contribution in [0.2, 0.25) is 0 Å². The molecular formula is C23H23N3O5. The third-order valence-electron chi connectivity index (χ3n) is 6.05. The second-order valence-corrected chi connectivity index (χ2v) is 7.62. The predicted molar refractivity (Wildman–Crippen MR) is 115 cm³/mol. The van der Waals surface area contributed by atoms with Crippen molar-refractivity contribution in [3.8, 4) is 23.8 Å². The Morgan fingerprint density at radius 1 is 1.29 bits per heavy atom.